The minimum absolute atomic E-state index is 0.0199. The summed E-state index contributed by atoms with van der Waals surface area (Å²) in [6, 6.07) is 0. The standard InChI is InChI=1S/C20H32F3N7O4/c1-2-3-4-5-15(13-30(34)14-32)18(33)26-27-19-24-12-16(17(25-19)20(21,22)23)29-8-6-28(7-9-29)10-11-31/h12,14-15,31,34H,2-11,13H2,1H3,(H,26,33)(H,24,25,27)/t15-/m1/s1. The first-order valence-electron chi connectivity index (χ1n) is 11.2. The fraction of sp³-hybridized carbons (Fsp3) is 0.700. The third-order valence-corrected chi connectivity index (χ3v) is 5.52. The highest BCUT2D eigenvalue weighted by molar-refractivity contribution is 5.80. The number of halogens is 3. The van der Waals surface area contributed by atoms with E-state index < -0.39 is 29.6 Å². The lowest BCUT2D eigenvalue weighted by Crippen LogP contribution is -2.47. The Kier molecular flexibility index (Phi) is 10.7. The Hall–Kier alpha value is -2.71. The maximum absolute atomic E-state index is 13.7. The van der Waals surface area contributed by atoms with Gasteiger partial charge in [0.2, 0.25) is 18.3 Å². The van der Waals surface area contributed by atoms with Crippen LogP contribution in [0.15, 0.2) is 6.20 Å². The van der Waals surface area contributed by atoms with Crippen molar-refractivity contribution in [1.82, 2.24) is 25.4 Å². The molecule has 11 nitrogen and oxygen atoms in total. The minimum Gasteiger partial charge on any atom is -0.395 e. The van der Waals surface area contributed by atoms with E-state index in [9.17, 15) is 28.0 Å². The highest BCUT2D eigenvalue weighted by Gasteiger charge is 2.38. The molecule has 192 valence electrons. The zero-order chi connectivity index (χ0) is 25.1. The molecular weight excluding hydrogens is 459 g/mol. The molecule has 1 atom stereocenters. The lowest BCUT2D eigenvalue weighted by molar-refractivity contribution is -0.154. The SMILES string of the molecule is CCCCC[C@H](CN(O)C=O)C(=O)NNc1ncc(N2CCN(CCO)CC2)c(C(F)(F)F)n1. The van der Waals surface area contributed by atoms with Gasteiger partial charge in [-0.15, -0.1) is 0 Å². The van der Waals surface area contributed by atoms with Crippen LogP contribution in [0.1, 0.15) is 38.3 Å². The lowest BCUT2D eigenvalue weighted by atomic mass is 10.0. The molecule has 14 heteroatoms. The molecule has 4 N–H and O–H groups in total. The van der Waals surface area contributed by atoms with Crippen LogP contribution in [0.5, 0.6) is 0 Å². The summed E-state index contributed by atoms with van der Waals surface area (Å²) < 4.78 is 41.2. The van der Waals surface area contributed by atoms with Crippen molar-refractivity contribution in [2.45, 2.75) is 38.8 Å². The maximum Gasteiger partial charge on any atom is 0.435 e. The van der Waals surface area contributed by atoms with E-state index in [1.807, 2.05) is 11.8 Å². The van der Waals surface area contributed by atoms with Gasteiger partial charge in [0, 0.05) is 32.7 Å². The molecule has 2 heterocycles. The van der Waals surface area contributed by atoms with Crippen LogP contribution in [0.4, 0.5) is 24.8 Å². The van der Waals surface area contributed by atoms with Crippen LogP contribution >= 0.6 is 0 Å². The molecule has 0 aromatic carbocycles. The number of β-amino-alcohol motifs (C(OH)–C–C–N with tert-alkyl or cyclic N) is 1. The number of aromatic nitrogens is 2. The van der Waals surface area contributed by atoms with Crippen molar-refractivity contribution in [3.8, 4) is 0 Å². The van der Waals surface area contributed by atoms with Crippen molar-refractivity contribution in [2.24, 2.45) is 5.92 Å². The van der Waals surface area contributed by atoms with E-state index in [0.717, 1.165) is 19.0 Å². The Morgan fingerprint density at radius 3 is 2.59 bits per heavy atom. The Morgan fingerprint density at radius 2 is 2.00 bits per heavy atom. The zero-order valence-corrected chi connectivity index (χ0v) is 19.1. The van der Waals surface area contributed by atoms with Gasteiger partial charge in [-0.1, -0.05) is 26.2 Å². The average Bonchev–Trinajstić information content (AvgIpc) is 2.82. The molecule has 0 radical (unpaired) electrons. The smallest absolute Gasteiger partial charge is 0.395 e. The number of alkyl halides is 3. The van der Waals surface area contributed by atoms with Crippen LogP contribution in [0.3, 0.4) is 0 Å². The zero-order valence-electron chi connectivity index (χ0n) is 19.1. The second-order valence-corrected chi connectivity index (χ2v) is 8.01. The number of hydrazine groups is 1. The van der Waals surface area contributed by atoms with E-state index in [1.165, 1.54) is 4.90 Å². The van der Waals surface area contributed by atoms with Crippen molar-refractivity contribution in [2.75, 3.05) is 56.2 Å². The van der Waals surface area contributed by atoms with Gasteiger partial charge < -0.3 is 10.0 Å². The highest BCUT2D eigenvalue weighted by atomic mass is 19.4. The van der Waals surface area contributed by atoms with Crippen molar-refractivity contribution in [1.29, 1.82) is 0 Å². The number of nitrogens with one attached hydrogen (secondary N) is 2. The van der Waals surface area contributed by atoms with E-state index in [2.05, 4.69) is 20.8 Å². The first-order chi connectivity index (χ1) is 16.2. The Labute approximate surface area is 195 Å². The second-order valence-electron chi connectivity index (χ2n) is 8.01. The number of unbranched alkanes of at least 4 members (excludes halogenated alkanes) is 2. The van der Waals surface area contributed by atoms with Gasteiger partial charge in [-0.05, 0) is 6.42 Å². The summed E-state index contributed by atoms with van der Waals surface area (Å²) in [5.74, 6) is -1.82. The summed E-state index contributed by atoms with van der Waals surface area (Å²) in [7, 11) is 0. The maximum atomic E-state index is 13.7. The number of rotatable bonds is 13. The van der Waals surface area contributed by atoms with Crippen molar-refractivity contribution >= 4 is 24.0 Å². The predicted octanol–water partition coefficient (Wildman–Crippen LogP) is 1.10. The number of aliphatic hydroxyl groups excluding tert-OH is 1. The van der Waals surface area contributed by atoms with E-state index in [0.29, 0.717) is 50.6 Å². The lowest BCUT2D eigenvalue weighted by Gasteiger charge is -2.36. The summed E-state index contributed by atoms with van der Waals surface area (Å²) in [5.41, 5.74) is 3.29. The van der Waals surface area contributed by atoms with Crippen LogP contribution < -0.4 is 15.8 Å². The first kappa shape index (κ1) is 27.5. The Bertz CT molecular complexity index is 792. The normalized spacial score (nSPS) is 15.6. The highest BCUT2D eigenvalue weighted by Crippen LogP contribution is 2.35. The van der Waals surface area contributed by atoms with Gasteiger partial charge >= 0.3 is 6.18 Å². The molecular formula is C20H32F3N7O4. The van der Waals surface area contributed by atoms with E-state index in [1.54, 1.807) is 0 Å². The number of piperazine rings is 1. The fourth-order valence-corrected chi connectivity index (χ4v) is 3.66. The van der Waals surface area contributed by atoms with E-state index in [4.69, 9.17) is 5.11 Å². The molecule has 1 saturated heterocycles. The van der Waals surface area contributed by atoms with Crippen LogP contribution in [-0.4, -0.2) is 88.4 Å². The molecule has 0 bridgehead atoms. The molecule has 0 aliphatic carbocycles. The van der Waals surface area contributed by atoms with Crippen molar-refractivity contribution in [3.63, 3.8) is 0 Å². The quantitative estimate of drug-likeness (QED) is 0.138. The number of anilines is 2. The van der Waals surface area contributed by atoms with Gasteiger partial charge in [-0.3, -0.25) is 30.5 Å². The number of hydrogen-bond donors (Lipinski definition) is 4. The number of carbonyl (C=O) groups is 2. The Morgan fingerprint density at radius 1 is 1.29 bits per heavy atom. The number of carbonyl (C=O) groups excluding carboxylic acids is 2. The van der Waals surface area contributed by atoms with Crippen LogP contribution in [0, 0.1) is 5.92 Å². The van der Waals surface area contributed by atoms with Gasteiger partial charge in [0.15, 0.2) is 5.69 Å². The second kappa shape index (κ2) is 13.2. The molecule has 0 unspecified atom stereocenters. The summed E-state index contributed by atoms with van der Waals surface area (Å²) in [5, 5.41) is 18.8. The molecule has 1 fully saturated rings. The van der Waals surface area contributed by atoms with Gasteiger partial charge in [0.25, 0.3) is 0 Å². The third kappa shape index (κ3) is 8.25. The van der Waals surface area contributed by atoms with E-state index >= 15 is 0 Å². The first-order valence-corrected chi connectivity index (χ1v) is 11.2. The number of amides is 2. The number of hydroxylamine groups is 2. The minimum atomic E-state index is -4.75. The summed E-state index contributed by atoms with van der Waals surface area (Å²) in [6.45, 7) is 3.80. The molecule has 0 spiro atoms. The summed E-state index contributed by atoms with van der Waals surface area (Å²) in [6.07, 6.45) is -0.706. The third-order valence-electron chi connectivity index (χ3n) is 5.52. The van der Waals surface area contributed by atoms with Crippen LogP contribution in [0.25, 0.3) is 0 Å². The van der Waals surface area contributed by atoms with E-state index in [-0.39, 0.29) is 25.2 Å². The molecule has 1 aromatic rings. The molecule has 0 saturated carbocycles. The molecule has 1 aromatic heterocycles. The Balaban J connectivity index is 2.09. The van der Waals surface area contributed by atoms with Crippen LogP contribution in [0.2, 0.25) is 0 Å². The summed E-state index contributed by atoms with van der Waals surface area (Å²) >= 11 is 0. The number of nitrogens with zero attached hydrogens (tertiary/aromatic N) is 5. The van der Waals surface area contributed by atoms with Gasteiger partial charge in [-0.25, -0.2) is 15.0 Å². The number of hydrogen-bond acceptors (Lipinski definition) is 9. The molecule has 2 amide bonds. The molecule has 2 rings (SSSR count). The van der Waals surface area contributed by atoms with Crippen molar-refractivity contribution < 1.29 is 33.1 Å². The topological polar surface area (TPSA) is 134 Å². The van der Waals surface area contributed by atoms with Gasteiger partial charge in [-0.2, -0.15) is 13.2 Å². The van der Waals surface area contributed by atoms with Gasteiger partial charge in [0.05, 0.1) is 31.0 Å². The number of aliphatic hydroxyl groups is 1. The largest absolute Gasteiger partial charge is 0.435 e. The monoisotopic (exact) mass is 491 g/mol. The molecule has 34 heavy (non-hydrogen) atoms. The van der Waals surface area contributed by atoms with Gasteiger partial charge in [0.1, 0.15) is 0 Å². The van der Waals surface area contributed by atoms with Crippen LogP contribution in [-0.2, 0) is 15.8 Å². The van der Waals surface area contributed by atoms with Crippen molar-refractivity contribution in [3.05, 3.63) is 11.9 Å². The molecule has 1 aliphatic rings. The predicted molar refractivity (Wildman–Crippen MR) is 117 cm³/mol. The molecule has 1 aliphatic heterocycles. The summed E-state index contributed by atoms with van der Waals surface area (Å²) in [4.78, 5) is 34.2. The fourth-order valence-electron chi connectivity index (χ4n) is 3.66. The average molecular weight is 492 g/mol.